The van der Waals surface area contributed by atoms with Crippen LogP contribution in [0.3, 0.4) is 0 Å². The first kappa shape index (κ1) is 19.8. The molecule has 2 aliphatic rings. The minimum absolute atomic E-state index is 0.0786. The van der Waals surface area contributed by atoms with Gasteiger partial charge in [-0.25, -0.2) is 17.8 Å². The Kier molecular flexibility index (Phi) is 4.85. The number of alkyl halides is 1. The smallest absolute Gasteiger partial charge is 0.254 e. The molecule has 2 atom stereocenters. The topological polar surface area (TPSA) is 78.3 Å². The average Bonchev–Trinajstić information content (AvgIpc) is 3.49. The third kappa shape index (κ3) is 3.73. The molecule has 8 heteroatoms. The Hall–Kier alpha value is -2.48. The number of sulfone groups is 1. The Morgan fingerprint density at radius 3 is 2.69 bits per heavy atom. The van der Waals surface area contributed by atoms with Crippen molar-refractivity contribution in [3.8, 4) is 16.9 Å². The van der Waals surface area contributed by atoms with Crippen molar-refractivity contribution in [2.45, 2.75) is 36.9 Å². The van der Waals surface area contributed by atoms with Crippen LogP contribution in [0.5, 0.6) is 5.75 Å². The first-order valence-corrected chi connectivity index (χ1v) is 11.4. The highest BCUT2D eigenvalue weighted by atomic mass is 32.2. The molecular weight excluding hydrogens is 395 g/mol. The summed E-state index contributed by atoms with van der Waals surface area (Å²) in [5.74, 6) is 0.355. The number of aryl methyl sites for hydroxylation is 1. The molecule has 154 valence electrons. The van der Waals surface area contributed by atoms with E-state index in [1.165, 1.54) is 22.9 Å². The van der Waals surface area contributed by atoms with E-state index >= 15 is 0 Å². The Balaban J connectivity index is 1.95. The van der Waals surface area contributed by atoms with Crippen LogP contribution in [0.2, 0.25) is 0 Å². The molecule has 0 saturated heterocycles. The van der Waals surface area contributed by atoms with Crippen LogP contribution in [0, 0.1) is 5.92 Å². The fourth-order valence-corrected chi connectivity index (χ4v) is 4.14. The van der Waals surface area contributed by atoms with E-state index in [1.807, 2.05) is 0 Å². The second kappa shape index (κ2) is 7.09. The number of ether oxygens (including phenoxy) is 1. The van der Waals surface area contributed by atoms with E-state index in [-0.39, 0.29) is 10.6 Å². The summed E-state index contributed by atoms with van der Waals surface area (Å²) in [6.45, 7) is 2.21. The largest absolute Gasteiger partial charge is 0.491 e. The highest BCUT2D eigenvalue weighted by Crippen LogP contribution is 2.40. The van der Waals surface area contributed by atoms with Crippen LogP contribution in [-0.4, -0.2) is 37.0 Å². The minimum atomic E-state index is -3.54. The number of allylic oxidation sites excluding steroid dienone is 1. The summed E-state index contributed by atoms with van der Waals surface area (Å²) in [5.41, 5.74) is 1.86. The van der Waals surface area contributed by atoms with E-state index in [1.54, 1.807) is 26.2 Å². The molecule has 0 aliphatic heterocycles. The van der Waals surface area contributed by atoms with Gasteiger partial charge in [0, 0.05) is 42.1 Å². The maximum Gasteiger partial charge on any atom is 0.254 e. The predicted octanol–water partition coefficient (Wildman–Crippen LogP) is 3.11. The van der Waals surface area contributed by atoms with Crippen LogP contribution < -0.4 is 10.3 Å². The van der Waals surface area contributed by atoms with Crippen molar-refractivity contribution in [3.63, 3.8) is 0 Å². The lowest BCUT2D eigenvalue weighted by molar-refractivity contribution is 0.299. The number of rotatable bonds is 5. The van der Waals surface area contributed by atoms with Gasteiger partial charge in [0.15, 0.2) is 14.9 Å². The summed E-state index contributed by atoms with van der Waals surface area (Å²) < 4.78 is 45.8. The summed E-state index contributed by atoms with van der Waals surface area (Å²) in [5, 5.41) is -0.0786. The van der Waals surface area contributed by atoms with Gasteiger partial charge in [0.05, 0.1) is 12.8 Å². The van der Waals surface area contributed by atoms with Crippen LogP contribution in [0.4, 0.5) is 4.39 Å². The molecule has 0 amide bonds. The Morgan fingerprint density at radius 1 is 1.31 bits per heavy atom. The van der Waals surface area contributed by atoms with E-state index in [9.17, 15) is 17.6 Å². The van der Waals surface area contributed by atoms with Crippen molar-refractivity contribution < 1.29 is 17.5 Å². The Morgan fingerprint density at radius 2 is 2.03 bits per heavy atom. The fraction of sp³-hybridized carbons (Fsp3) is 0.429. The second-order valence-electron chi connectivity index (χ2n) is 7.92. The molecule has 2 aliphatic carbocycles. The number of halogens is 1. The Bertz CT molecular complexity index is 1170. The van der Waals surface area contributed by atoms with Gasteiger partial charge < -0.3 is 9.30 Å². The number of aromatic nitrogens is 2. The quantitative estimate of drug-likeness (QED) is 0.746. The molecule has 1 fully saturated rings. The maximum absolute atomic E-state index is 14.3. The third-order valence-corrected chi connectivity index (χ3v) is 6.50. The van der Waals surface area contributed by atoms with Gasteiger partial charge in [-0.3, -0.25) is 4.79 Å². The van der Waals surface area contributed by atoms with Gasteiger partial charge >= 0.3 is 0 Å². The lowest BCUT2D eigenvalue weighted by atomic mass is 9.84. The summed E-state index contributed by atoms with van der Waals surface area (Å²) in [6.07, 6.45) is 8.15. The van der Waals surface area contributed by atoms with E-state index in [0.717, 1.165) is 19.1 Å². The van der Waals surface area contributed by atoms with Gasteiger partial charge in [-0.05, 0) is 36.5 Å². The van der Waals surface area contributed by atoms with Gasteiger partial charge in [0.25, 0.3) is 5.56 Å². The first-order chi connectivity index (χ1) is 13.7. The van der Waals surface area contributed by atoms with Gasteiger partial charge in [0.2, 0.25) is 0 Å². The zero-order chi connectivity index (χ0) is 20.9. The van der Waals surface area contributed by atoms with E-state index in [2.05, 4.69) is 4.98 Å². The molecule has 2 aromatic heterocycles. The highest BCUT2D eigenvalue weighted by molar-refractivity contribution is 7.90. The third-order valence-electron chi connectivity index (χ3n) is 5.52. The van der Waals surface area contributed by atoms with E-state index < -0.39 is 21.9 Å². The molecule has 0 bridgehead atoms. The molecule has 0 radical (unpaired) electrons. The number of nitrogens with zero attached hydrogens (tertiary/aromatic N) is 2. The van der Waals surface area contributed by atoms with Gasteiger partial charge in [0.1, 0.15) is 11.9 Å². The maximum atomic E-state index is 14.3. The van der Waals surface area contributed by atoms with Gasteiger partial charge in [-0.1, -0.05) is 13.0 Å². The molecule has 1 saturated carbocycles. The molecule has 0 N–H and O–H groups in total. The zero-order valence-corrected chi connectivity index (χ0v) is 17.4. The number of pyridine rings is 2. The van der Waals surface area contributed by atoms with Crippen LogP contribution in [0.25, 0.3) is 17.2 Å². The monoisotopic (exact) mass is 418 g/mol. The van der Waals surface area contributed by atoms with Crippen LogP contribution in [0.15, 0.2) is 34.4 Å². The fourth-order valence-electron chi connectivity index (χ4n) is 3.56. The van der Waals surface area contributed by atoms with Crippen molar-refractivity contribution >= 4 is 15.9 Å². The lowest BCUT2D eigenvalue weighted by Gasteiger charge is -2.24. The molecular formula is C21H23FN2O4S. The normalized spacial score (nSPS) is 21.1. The SMILES string of the molecule is CC1c2c(c(-c3cc(S(C)(=O)=O)ncc3OCC3CC3)cn(C)c2=O)C=CC1F. The van der Waals surface area contributed by atoms with Crippen molar-refractivity contribution in [1.82, 2.24) is 9.55 Å². The number of hydrogen-bond donors (Lipinski definition) is 0. The summed E-state index contributed by atoms with van der Waals surface area (Å²) in [4.78, 5) is 16.8. The van der Waals surface area contributed by atoms with Crippen molar-refractivity contribution in [3.05, 3.63) is 46.0 Å². The molecule has 29 heavy (non-hydrogen) atoms. The first-order valence-electron chi connectivity index (χ1n) is 9.56. The van der Waals surface area contributed by atoms with Crippen molar-refractivity contribution in [2.24, 2.45) is 13.0 Å². The van der Waals surface area contributed by atoms with Crippen molar-refractivity contribution in [1.29, 1.82) is 0 Å². The molecule has 2 aromatic rings. The molecule has 0 spiro atoms. The summed E-state index contributed by atoms with van der Waals surface area (Å²) >= 11 is 0. The van der Waals surface area contributed by atoms with E-state index in [0.29, 0.717) is 40.5 Å². The van der Waals surface area contributed by atoms with Gasteiger partial charge in [-0.2, -0.15) is 0 Å². The Labute approximate surface area is 169 Å². The number of fused-ring (bicyclic) bond motifs is 1. The molecule has 4 rings (SSSR count). The van der Waals surface area contributed by atoms with E-state index in [4.69, 9.17) is 4.74 Å². The minimum Gasteiger partial charge on any atom is -0.491 e. The summed E-state index contributed by atoms with van der Waals surface area (Å²) in [6, 6.07) is 1.47. The predicted molar refractivity (Wildman–Crippen MR) is 109 cm³/mol. The molecule has 6 nitrogen and oxygen atoms in total. The van der Waals surface area contributed by atoms with Crippen LogP contribution in [0.1, 0.15) is 36.8 Å². The molecule has 2 heterocycles. The summed E-state index contributed by atoms with van der Waals surface area (Å²) in [7, 11) is -1.94. The standard InChI is InChI=1S/C21H23FN2O4S/c1-12-17(22)7-6-14-16(10-24(2)21(25)20(12)14)15-8-19(29(3,26)27)23-9-18(15)28-11-13-4-5-13/h6-10,12-13,17H,4-5,11H2,1-3H3. The second-order valence-corrected chi connectivity index (χ2v) is 9.89. The van der Waals surface area contributed by atoms with Gasteiger partial charge in [-0.15, -0.1) is 0 Å². The highest BCUT2D eigenvalue weighted by Gasteiger charge is 2.29. The number of hydrogen-bond acceptors (Lipinski definition) is 5. The molecule has 0 aromatic carbocycles. The van der Waals surface area contributed by atoms with Crippen LogP contribution >= 0.6 is 0 Å². The molecule has 2 unspecified atom stereocenters. The lowest BCUT2D eigenvalue weighted by Crippen LogP contribution is -2.29. The van der Waals surface area contributed by atoms with Crippen LogP contribution in [-0.2, 0) is 16.9 Å². The zero-order valence-electron chi connectivity index (χ0n) is 16.6. The van der Waals surface area contributed by atoms with Crippen molar-refractivity contribution in [2.75, 3.05) is 12.9 Å². The average molecular weight is 418 g/mol.